The molecule has 0 fully saturated rings. The van der Waals surface area contributed by atoms with Crippen LogP contribution in [0.2, 0.25) is 10.0 Å². The number of halogens is 3. The summed E-state index contributed by atoms with van der Waals surface area (Å²) in [4.78, 5) is 11.9. The lowest BCUT2D eigenvalue weighted by atomic mass is 10.1. The van der Waals surface area contributed by atoms with Gasteiger partial charge >= 0.3 is 0 Å². The lowest BCUT2D eigenvalue weighted by Crippen LogP contribution is -2.30. The predicted octanol–water partition coefficient (Wildman–Crippen LogP) is 6.01. The molecule has 0 aliphatic rings. The van der Waals surface area contributed by atoms with Crippen molar-refractivity contribution < 1.29 is 22.7 Å². The maximum absolute atomic E-state index is 13.6. The highest BCUT2D eigenvalue weighted by Crippen LogP contribution is 2.36. The Hall–Kier alpha value is -2.65. The van der Waals surface area contributed by atoms with E-state index in [1.807, 2.05) is 0 Å². The lowest BCUT2D eigenvalue weighted by Gasteiger charge is -2.23. The van der Waals surface area contributed by atoms with E-state index in [-0.39, 0.29) is 29.0 Å². The van der Waals surface area contributed by atoms with Gasteiger partial charge < -0.3 is 10.4 Å². The molecular formula is C26H27Cl2FN2O4S. The molecule has 0 atom stereocenters. The van der Waals surface area contributed by atoms with Gasteiger partial charge in [-0.15, -0.1) is 0 Å². The minimum absolute atomic E-state index is 0.0472. The maximum atomic E-state index is 13.6. The van der Waals surface area contributed by atoms with E-state index in [1.54, 1.807) is 24.3 Å². The highest BCUT2D eigenvalue weighted by atomic mass is 35.5. The van der Waals surface area contributed by atoms with E-state index in [4.69, 9.17) is 23.2 Å². The Bertz CT molecular complexity index is 1320. The predicted molar refractivity (Wildman–Crippen MR) is 139 cm³/mol. The van der Waals surface area contributed by atoms with E-state index in [9.17, 15) is 22.7 Å². The van der Waals surface area contributed by atoms with Crippen molar-refractivity contribution in [3.05, 3.63) is 93.2 Å². The number of nitrogens with zero attached hydrogens (tertiary/aromatic N) is 1. The van der Waals surface area contributed by atoms with Crippen molar-refractivity contribution >= 4 is 39.1 Å². The molecule has 0 spiro atoms. The topological polar surface area (TPSA) is 86.7 Å². The van der Waals surface area contributed by atoms with Crippen LogP contribution in [0.1, 0.15) is 41.8 Å². The van der Waals surface area contributed by atoms with E-state index in [2.05, 4.69) is 19.2 Å². The first kappa shape index (κ1) is 27.9. The number of carbonyl (C=O) groups excluding carboxylic acids is 1. The summed E-state index contributed by atoms with van der Waals surface area (Å²) in [6, 6.07) is 14.4. The van der Waals surface area contributed by atoms with Gasteiger partial charge in [-0.05, 0) is 59.9 Å². The molecule has 192 valence electrons. The van der Waals surface area contributed by atoms with Crippen molar-refractivity contribution in [2.24, 2.45) is 5.92 Å². The smallest absolute Gasteiger partial charge is 0.251 e. The van der Waals surface area contributed by atoms with Crippen LogP contribution in [0.5, 0.6) is 5.75 Å². The number of carbonyl (C=O) groups is 1. The summed E-state index contributed by atoms with van der Waals surface area (Å²) in [5, 5.41) is 13.1. The second-order valence-corrected chi connectivity index (χ2v) is 11.5. The zero-order valence-electron chi connectivity index (χ0n) is 19.8. The molecular weight excluding hydrogens is 526 g/mol. The summed E-state index contributed by atoms with van der Waals surface area (Å²) >= 11 is 12.0. The van der Waals surface area contributed by atoms with Gasteiger partial charge in [-0.2, -0.15) is 4.31 Å². The average Bonchev–Trinajstić information content (AvgIpc) is 2.82. The Balaban J connectivity index is 1.89. The first-order valence-corrected chi connectivity index (χ1v) is 13.5. The average molecular weight is 553 g/mol. The van der Waals surface area contributed by atoms with Crippen molar-refractivity contribution in [3.63, 3.8) is 0 Å². The second-order valence-electron chi connectivity index (χ2n) is 8.77. The molecule has 1 amide bonds. The summed E-state index contributed by atoms with van der Waals surface area (Å²) in [6.45, 7) is 4.52. The molecule has 0 bridgehead atoms. The van der Waals surface area contributed by atoms with Crippen LogP contribution in [0.4, 0.5) is 4.39 Å². The number of phenolic OH excluding ortho intramolecular Hbond substituents is 1. The third-order valence-electron chi connectivity index (χ3n) is 5.47. The first-order valence-electron chi connectivity index (χ1n) is 11.3. The first-order chi connectivity index (χ1) is 17.0. The van der Waals surface area contributed by atoms with E-state index in [0.29, 0.717) is 29.2 Å². The summed E-state index contributed by atoms with van der Waals surface area (Å²) in [5.41, 5.74) is 1.59. The van der Waals surface area contributed by atoms with Crippen LogP contribution in [-0.2, 0) is 23.1 Å². The summed E-state index contributed by atoms with van der Waals surface area (Å²) in [7, 11) is -4.29. The van der Waals surface area contributed by atoms with Crippen LogP contribution in [-0.4, -0.2) is 30.3 Å². The van der Waals surface area contributed by atoms with Gasteiger partial charge in [-0.1, -0.05) is 61.3 Å². The van der Waals surface area contributed by atoms with Gasteiger partial charge in [0, 0.05) is 30.2 Å². The monoisotopic (exact) mass is 552 g/mol. The van der Waals surface area contributed by atoms with Gasteiger partial charge in [0.05, 0.1) is 5.02 Å². The molecule has 0 aromatic heterocycles. The van der Waals surface area contributed by atoms with Crippen LogP contribution in [0.3, 0.4) is 0 Å². The fourth-order valence-electron chi connectivity index (χ4n) is 3.44. The number of sulfonamides is 1. The summed E-state index contributed by atoms with van der Waals surface area (Å²) < 4.78 is 41.7. The van der Waals surface area contributed by atoms with Gasteiger partial charge in [0.1, 0.15) is 10.7 Å². The molecule has 0 aliphatic carbocycles. The van der Waals surface area contributed by atoms with Crippen molar-refractivity contribution in [1.82, 2.24) is 9.62 Å². The number of benzene rings is 3. The Morgan fingerprint density at radius 3 is 2.11 bits per heavy atom. The second kappa shape index (κ2) is 12.1. The minimum atomic E-state index is -4.29. The van der Waals surface area contributed by atoms with Gasteiger partial charge in [0.25, 0.3) is 5.91 Å². The summed E-state index contributed by atoms with van der Waals surface area (Å²) in [6.07, 6.45) is 0.862. The lowest BCUT2D eigenvalue weighted by molar-refractivity contribution is 0.0952. The fourth-order valence-corrected chi connectivity index (χ4v) is 5.60. The Morgan fingerprint density at radius 1 is 1.00 bits per heavy atom. The van der Waals surface area contributed by atoms with E-state index >= 15 is 0 Å². The standard InChI is InChI=1S/C26H27Cl2FN2O4S/c1-17(2)11-12-30-26(33)20-7-3-18(4-8-20)15-31(16-19-5-9-22(29)10-6-19)36(34,35)24-14-21(27)13-23(28)25(24)32/h3-10,13-14,17,32H,11-12,15-16H2,1-2H3,(H,30,33). The zero-order chi connectivity index (χ0) is 26.5. The molecule has 0 radical (unpaired) electrons. The Labute approximate surface area is 220 Å². The number of phenols is 1. The maximum Gasteiger partial charge on any atom is 0.251 e. The van der Waals surface area contributed by atoms with E-state index in [0.717, 1.165) is 16.8 Å². The van der Waals surface area contributed by atoms with Gasteiger partial charge in [-0.3, -0.25) is 4.79 Å². The highest BCUT2D eigenvalue weighted by molar-refractivity contribution is 7.89. The molecule has 0 saturated carbocycles. The normalized spacial score (nSPS) is 11.8. The van der Waals surface area contributed by atoms with Crippen LogP contribution in [0.15, 0.2) is 65.6 Å². The number of rotatable bonds is 10. The molecule has 6 nitrogen and oxygen atoms in total. The molecule has 10 heteroatoms. The molecule has 3 aromatic carbocycles. The number of amides is 1. The van der Waals surface area contributed by atoms with Crippen LogP contribution < -0.4 is 5.32 Å². The molecule has 0 unspecified atom stereocenters. The quantitative estimate of drug-likeness (QED) is 0.322. The van der Waals surface area contributed by atoms with E-state index < -0.39 is 26.5 Å². The summed E-state index contributed by atoms with van der Waals surface area (Å²) in [5.74, 6) is -0.805. The zero-order valence-corrected chi connectivity index (χ0v) is 22.2. The molecule has 3 aromatic rings. The Morgan fingerprint density at radius 2 is 1.56 bits per heavy atom. The Kier molecular flexibility index (Phi) is 9.35. The minimum Gasteiger partial charge on any atom is -0.505 e. The molecule has 0 aliphatic heterocycles. The largest absolute Gasteiger partial charge is 0.505 e. The van der Waals surface area contributed by atoms with Crippen LogP contribution in [0, 0.1) is 11.7 Å². The van der Waals surface area contributed by atoms with Crippen molar-refractivity contribution in [1.29, 1.82) is 0 Å². The fraction of sp³-hybridized carbons (Fsp3) is 0.269. The van der Waals surface area contributed by atoms with Crippen molar-refractivity contribution in [3.8, 4) is 5.75 Å². The van der Waals surface area contributed by atoms with Gasteiger partial charge in [0.15, 0.2) is 5.75 Å². The highest BCUT2D eigenvalue weighted by Gasteiger charge is 2.29. The SMILES string of the molecule is CC(C)CCNC(=O)c1ccc(CN(Cc2ccc(F)cc2)S(=O)(=O)c2cc(Cl)cc(Cl)c2O)cc1. The molecule has 0 heterocycles. The third-order valence-corrected chi connectivity index (χ3v) is 7.78. The van der Waals surface area contributed by atoms with Crippen molar-refractivity contribution in [2.75, 3.05) is 6.54 Å². The number of nitrogens with one attached hydrogen (secondary N) is 1. The number of hydrogen-bond acceptors (Lipinski definition) is 4. The number of aromatic hydroxyl groups is 1. The third kappa shape index (κ3) is 7.20. The van der Waals surface area contributed by atoms with Gasteiger partial charge in [0.2, 0.25) is 10.0 Å². The van der Waals surface area contributed by atoms with Gasteiger partial charge in [-0.25, -0.2) is 12.8 Å². The van der Waals surface area contributed by atoms with Crippen LogP contribution >= 0.6 is 23.2 Å². The molecule has 2 N–H and O–H groups in total. The van der Waals surface area contributed by atoms with Crippen molar-refractivity contribution in [2.45, 2.75) is 38.3 Å². The molecule has 3 rings (SSSR count). The van der Waals surface area contributed by atoms with Crippen LogP contribution in [0.25, 0.3) is 0 Å². The molecule has 36 heavy (non-hydrogen) atoms. The molecule has 0 saturated heterocycles. The van der Waals surface area contributed by atoms with E-state index in [1.165, 1.54) is 30.3 Å². The number of hydrogen-bond donors (Lipinski definition) is 2.